The monoisotopic (exact) mass is 344 g/mol. The lowest BCUT2D eigenvalue weighted by molar-refractivity contribution is -0.123. The minimum absolute atomic E-state index is 0.0151. The van der Waals surface area contributed by atoms with Gasteiger partial charge in [0.25, 0.3) is 5.91 Å². The fraction of sp³-hybridized carbons (Fsp3) is 0.412. The van der Waals surface area contributed by atoms with E-state index in [1.54, 1.807) is 19.1 Å². The molecule has 1 aromatic rings. The first-order chi connectivity index (χ1) is 12.0. The van der Waals surface area contributed by atoms with E-state index in [2.05, 4.69) is 21.2 Å². The molecule has 0 spiro atoms. The first-order valence-electron chi connectivity index (χ1n) is 8.22. The molecule has 1 aliphatic heterocycles. The lowest BCUT2D eigenvalue weighted by Crippen LogP contribution is -2.34. The molecule has 8 nitrogen and oxygen atoms in total. The summed E-state index contributed by atoms with van der Waals surface area (Å²) >= 11 is 0. The molecular weight excluding hydrogens is 324 g/mol. The number of nitrogens with zero attached hydrogens (tertiary/aromatic N) is 1. The number of carbonyl (C=O) groups excluding carboxylic acids is 3. The van der Waals surface area contributed by atoms with Crippen LogP contribution in [0, 0.1) is 11.8 Å². The highest BCUT2D eigenvalue weighted by Gasteiger charge is 2.49. The number of hydrogen-bond acceptors (Lipinski definition) is 5. The van der Waals surface area contributed by atoms with E-state index in [9.17, 15) is 14.4 Å². The number of ether oxygens (including phenoxy) is 1. The van der Waals surface area contributed by atoms with Crippen LogP contribution < -0.4 is 16.1 Å². The minimum Gasteiger partial charge on any atom is -0.436 e. The second-order valence-corrected chi connectivity index (χ2v) is 6.07. The van der Waals surface area contributed by atoms with Crippen molar-refractivity contribution in [1.29, 1.82) is 0 Å². The van der Waals surface area contributed by atoms with Crippen LogP contribution >= 0.6 is 0 Å². The summed E-state index contributed by atoms with van der Waals surface area (Å²) in [6.07, 6.45) is -0.703. The summed E-state index contributed by atoms with van der Waals surface area (Å²) in [6.45, 7) is 3.70. The van der Waals surface area contributed by atoms with E-state index < -0.39 is 18.1 Å². The van der Waals surface area contributed by atoms with Crippen molar-refractivity contribution in [3.63, 3.8) is 0 Å². The van der Waals surface area contributed by atoms with Gasteiger partial charge in [0.1, 0.15) is 0 Å². The van der Waals surface area contributed by atoms with Crippen LogP contribution in [-0.4, -0.2) is 36.3 Å². The number of nitrogens with one attached hydrogen (secondary N) is 3. The molecule has 0 radical (unpaired) electrons. The fourth-order valence-electron chi connectivity index (χ4n) is 2.72. The third kappa shape index (κ3) is 3.78. The molecule has 0 bridgehead atoms. The van der Waals surface area contributed by atoms with E-state index in [1.807, 2.05) is 12.1 Å². The zero-order valence-corrected chi connectivity index (χ0v) is 14.0. The highest BCUT2D eigenvalue weighted by Crippen LogP contribution is 2.43. The topological polar surface area (TPSA) is 109 Å². The summed E-state index contributed by atoms with van der Waals surface area (Å²) in [7, 11) is 0. The number of alkyl carbamates (subject to hydrolysis) is 1. The Balaban J connectivity index is 1.58. The Morgan fingerprint density at radius 3 is 2.72 bits per heavy atom. The Kier molecular flexibility index (Phi) is 4.69. The second kappa shape index (κ2) is 6.92. The normalized spacial score (nSPS) is 22.0. The van der Waals surface area contributed by atoms with Gasteiger partial charge in [-0.25, -0.2) is 10.2 Å². The third-order valence-electron chi connectivity index (χ3n) is 4.19. The van der Waals surface area contributed by atoms with E-state index in [4.69, 9.17) is 4.74 Å². The van der Waals surface area contributed by atoms with E-state index in [0.717, 1.165) is 17.7 Å². The molecule has 2 aliphatic rings. The Hall–Kier alpha value is -2.90. The van der Waals surface area contributed by atoms with Gasteiger partial charge in [-0.1, -0.05) is 12.1 Å². The molecule has 1 heterocycles. The van der Waals surface area contributed by atoms with Gasteiger partial charge in [0, 0.05) is 24.1 Å². The smallest absolute Gasteiger partial charge is 0.407 e. The largest absolute Gasteiger partial charge is 0.436 e. The SMILES string of the molecule is CCNC(=O)OC(C)C(=O)Nc1ccc(C2=NNC(=O)C3CC23)cc1. The molecule has 0 aromatic heterocycles. The average Bonchev–Trinajstić information content (AvgIpc) is 3.38. The molecule has 0 saturated heterocycles. The van der Waals surface area contributed by atoms with Crippen LogP contribution in [0.25, 0.3) is 0 Å². The van der Waals surface area contributed by atoms with Crippen LogP contribution in [0.2, 0.25) is 0 Å². The summed E-state index contributed by atoms with van der Waals surface area (Å²) in [5.74, 6) is -0.193. The average molecular weight is 344 g/mol. The molecule has 1 aromatic carbocycles. The van der Waals surface area contributed by atoms with Gasteiger partial charge in [-0.3, -0.25) is 9.59 Å². The predicted molar refractivity (Wildman–Crippen MR) is 91.0 cm³/mol. The van der Waals surface area contributed by atoms with Crippen molar-refractivity contribution >= 4 is 29.3 Å². The number of fused-ring (bicyclic) bond motifs is 1. The van der Waals surface area contributed by atoms with Gasteiger partial charge < -0.3 is 15.4 Å². The number of carbonyl (C=O) groups is 3. The molecule has 25 heavy (non-hydrogen) atoms. The Morgan fingerprint density at radius 1 is 1.32 bits per heavy atom. The van der Waals surface area contributed by atoms with E-state index in [0.29, 0.717) is 12.2 Å². The summed E-state index contributed by atoms with van der Waals surface area (Å²) in [6, 6.07) is 7.19. The fourth-order valence-corrected chi connectivity index (χ4v) is 2.72. The quantitative estimate of drug-likeness (QED) is 0.746. The number of benzene rings is 1. The first-order valence-corrected chi connectivity index (χ1v) is 8.22. The summed E-state index contributed by atoms with van der Waals surface area (Å²) in [5.41, 5.74) is 4.91. The Bertz CT molecular complexity index is 729. The molecule has 1 fully saturated rings. The van der Waals surface area contributed by atoms with Crippen LogP contribution in [0.5, 0.6) is 0 Å². The van der Waals surface area contributed by atoms with Crippen molar-refractivity contribution in [2.45, 2.75) is 26.4 Å². The third-order valence-corrected chi connectivity index (χ3v) is 4.19. The van der Waals surface area contributed by atoms with E-state index >= 15 is 0 Å². The molecule has 1 aliphatic carbocycles. The van der Waals surface area contributed by atoms with Crippen molar-refractivity contribution in [3.8, 4) is 0 Å². The van der Waals surface area contributed by atoms with Gasteiger partial charge in [-0.15, -0.1) is 0 Å². The maximum absolute atomic E-state index is 12.0. The summed E-state index contributed by atoms with van der Waals surface area (Å²) < 4.78 is 4.95. The molecule has 3 rings (SSSR count). The Morgan fingerprint density at radius 2 is 2.04 bits per heavy atom. The number of anilines is 1. The zero-order chi connectivity index (χ0) is 18.0. The summed E-state index contributed by atoms with van der Waals surface area (Å²) in [4.78, 5) is 34.8. The number of hydrazone groups is 1. The van der Waals surface area contributed by atoms with Crippen LogP contribution in [0.1, 0.15) is 25.8 Å². The number of amides is 3. The standard InChI is InChI=1S/C17H20N4O4/c1-3-18-17(24)25-9(2)15(22)19-11-6-4-10(5-7-11)14-12-8-13(12)16(23)21-20-14/h4-7,9,12-13H,3,8H2,1-2H3,(H,18,24)(H,19,22)(H,21,23). The first kappa shape index (κ1) is 16.9. The molecular formula is C17H20N4O4. The highest BCUT2D eigenvalue weighted by atomic mass is 16.6. The van der Waals surface area contributed by atoms with Crippen LogP contribution in [0.15, 0.2) is 29.4 Å². The van der Waals surface area contributed by atoms with Crippen LogP contribution in [-0.2, 0) is 14.3 Å². The van der Waals surface area contributed by atoms with Crippen LogP contribution in [0.3, 0.4) is 0 Å². The predicted octanol–water partition coefficient (Wildman–Crippen LogP) is 1.23. The summed E-state index contributed by atoms with van der Waals surface area (Å²) in [5, 5.41) is 9.30. The molecule has 132 valence electrons. The van der Waals surface area contributed by atoms with Gasteiger partial charge >= 0.3 is 6.09 Å². The Labute approximate surface area is 145 Å². The van der Waals surface area contributed by atoms with Crippen molar-refractivity contribution < 1.29 is 19.1 Å². The van der Waals surface area contributed by atoms with Gasteiger partial charge in [0.2, 0.25) is 5.91 Å². The van der Waals surface area contributed by atoms with Gasteiger partial charge in [-0.2, -0.15) is 5.10 Å². The van der Waals surface area contributed by atoms with Gasteiger partial charge in [0.05, 0.1) is 5.71 Å². The van der Waals surface area contributed by atoms with Gasteiger partial charge in [0.15, 0.2) is 6.10 Å². The minimum atomic E-state index is -0.906. The zero-order valence-electron chi connectivity index (χ0n) is 14.0. The van der Waals surface area contributed by atoms with Crippen molar-refractivity contribution in [1.82, 2.24) is 10.7 Å². The molecule has 8 heteroatoms. The molecule has 3 atom stereocenters. The number of hydrogen-bond donors (Lipinski definition) is 3. The van der Waals surface area contributed by atoms with Crippen molar-refractivity contribution in [2.24, 2.45) is 16.9 Å². The molecule has 3 unspecified atom stereocenters. The second-order valence-electron chi connectivity index (χ2n) is 6.07. The lowest BCUT2D eigenvalue weighted by Gasteiger charge is -2.14. The maximum atomic E-state index is 12.0. The van der Waals surface area contributed by atoms with Crippen molar-refractivity contribution in [2.75, 3.05) is 11.9 Å². The highest BCUT2D eigenvalue weighted by molar-refractivity contribution is 6.09. The number of rotatable bonds is 5. The molecule has 3 amide bonds. The van der Waals surface area contributed by atoms with E-state index in [1.165, 1.54) is 6.92 Å². The maximum Gasteiger partial charge on any atom is 0.407 e. The van der Waals surface area contributed by atoms with E-state index in [-0.39, 0.29) is 17.7 Å². The lowest BCUT2D eigenvalue weighted by atomic mass is 10.0. The van der Waals surface area contributed by atoms with Gasteiger partial charge in [-0.05, 0) is 38.0 Å². The van der Waals surface area contributed by atoms with Crippen LogP contribution in [0.4, 0.5) is 10.5 Å². The molecule has 3 N–H and O–H groups in total. The van der Waals surface area contributed by atoms with Crippen molar-refractivity contribution in [3.05, 3.63) is 29.8 Å². The molecule has 1 saturated carbocycles.